The Labute approximate surface area is 357 Å². The number of aliphatic hydroxyl groups is 4. The van der Waals surface area contributed by atoms with Crippen LogP contribution in [0.3, 0.4) is 0 Å². The maximum absolute atomic E-state index is 14.3. The van der Waals surface area contributed by atoms with Crippen LogP contribution in [-0.4, -0.2) is 138 Å². The van der Waals surface area contributed by atoms with Gasteiger partial charge >= 0.3 is 5.97 Å². The van der Waals surface area contributed by atoms with Crippen molar-refractivity contribution in [2.24, 2.45) is 29.6 Å². The van der Waals surface area contributed by atoms with Crippen LogP contribution >= 0.6 is 0 Å². The average Bonchev–Trinajstić information content (AvgIpc) is 3.22. The number of piperidine rings is 1. The number of amides is 1. The zero-order valence-electron chi connectivity index (χ0n) is 37.5. The number of cyclic esters (lactones) is 1. The first kappa shape index (κ1) is 51.5. The Morgan fingerprint density at radius 1 is 0.933 bits per heavy atom. The van der Waals surface area contributed by atoms with E-state index < -0.39 is 83.9 Å². The fourth-order valence-electron chi connectivity index (χ4n) is 9.42. The van der Waals surface area contributed by atoms with Gasteiger partial charge in [-0.3, -0.25) is 14.4 Å². The number of esters is 1. The third kappa shape index (κ3) is 13.1. The minimum atomic E-state index is -2.51. The first-order valence-electron chi connectivity index (χ1n) is 21.9. The number of nitrogens with zero attached hydrogens (tertiary/aromatic N) is 1. The van der Waals surface area contributed by atoms with Crippen molar-refractivity contribution in [3.63, 3.8) is 0 Å². The molecule has 4 N–H and O–H groups in total. The van der Waals surface area contributed by atoms with Gasteiger partial charge in [-0.2, -0.15) is 0 Å². The number of ketones is 2. The summed E-state index contributed by atoms with van der Waals surface area (Å²) < 4.78 is 29.7. The molecule has 0 radical (unpaired) electrons. The molecule has 14 heteroatoms. The lowest BCUT2D eigenvalue weighted by Gasteiger charge is -2.47. The van der Waals surface area contributed by atoms with E-state index in [0.29, 0.717) is 56.9 Å². The van der Waals surface area contributed by atoms with Gasteiger partial charge in [0.15, 0.2) is 0 Å². The molecular formula is C46H75NO13. The van der Waals surface area contributed by atoms with Crippen LogP contribution in [0.25, 0.3) is 0 Å². The van der Waals surface area contributed by atoms with Crippen LogP contribution in [0.5, 0.6) is 0 Å². The van der Waals surface area contributed by atoms with Gasteiger partial charge in [-0.1, -0.05) is 44.6 Å². The molecule has 342 valence electrons. The number of hydrogen-bond donors (Lipinski definition) is 4. The smallest absolute Gasteiger partial charge is 0.329 e. The lowest BCUT2D eigenvalue weighted by atomic mass is 9.81. The Balaban J connectivity index is 0.00000311. The van der Waals surface area contributed by atoms with Crippen LogP contribution in [-0.2, 0) is 42.9 Å². The topological polar surface area (TPSA) is 199 Å². The normalized spacial score (nSPS) is 39.2. The third-order valence-corrected chi connectivity index (χ3v) is 12.9. The van der Waals surface area contributed by atoms with Crippen LogP contribution in [0.15, 0.2) is 36.0 Å². The first-order chi connectivity index (χ1) is 28.4. The molecule has 60 heavy (non-hydrogen) atoms. The predicted octanol–water partition coefficient (Wildman–Crippen LogP) is 4.64. The van der Waals surface area contributed by atoms with Crippen molar-refractivity contribution in [2.45, 2.75) is 167 Å². The van der Waals surface area contributed by atoms with Gasteiger partial charge < -0.3 is 49.0 Å². The zero-order chi connectivity index (χ0) is 44.9. The number of hydrogen-bond acceptors (Lipinski definition) is 13. The highest BCUT2D eigenvalue weighted by atomic mass is 16.7. The van der Waals surface area contributed by atoms with Crippen LogP contribution in [0.1, 0.15) is 112 Å². The minimum absolute atomic E-state index is 0.00988. The van der Waals surface area contributed by atoms with Crippen LogP contribution in [0.4, 0.5) is 0 Å². The van der Waals surface area contributed by atoms with Gasteiger partial charge in [0.1, 0.15) is 24.0 Å². The van der Waals surface area contributed by atoms with Crippen molar-refractivity contribution in [2.75, 3.05) is 34.5 Å². The van der Waals surface area contributed by atoms with Crippen molar-refractivity contribution in [3.8, 4) is 0 Å². The van der Waals surface area contributed by atoms with Crippen LogP contribution in [0, 0.1) is 29.6 Å². The highest BCUT2D eigenvalue weighted by Gasteiger charge is 2.56. The highest BCUT2D eigenvalue weighted by Crippen LogP contribution is 2.39. The van der Waals surface area contributed by atoms with Crippen molar-refractivity contribution in [3.05, 3.63) is 36.0 Å². The van der Waals surface area contributed by atoms with E-state index in [9.17, 15) is 34.5 Å². The summed E-state index contributed by atoms with van der Waals surface area (Å²) in [5.74, 6) is -7.76. The molecule has 3 heterocycles. The lowest BCUT2D eigenvalue weighted by Crippen LogP contribution is -2.64. The number of fused-ring (bicyclic) bond motifs is 3. The molecule has 3 fully saturated rings. The van der Waals surface area contributed by atoms with E-state index in [2.05, 4.69) is 6.58 Å². The summed E-state index contributed by atoms with van der Waals surface area (Å²) in [5.41, 5.74) is 1.61. The van der Waals surface area contributed by atoms with Gasteiger partial charge in [-0.25, -0.2) is 4.79 Å². The fraction of sp³-hybridized carbons (Fsp3) is 0.783. The minimum Gasteiger partial charge on any atom is -0.456 e. The molecule has 2 bridgehead atoms. The molecule has 1 unspecified atom stereocenters. The van der Waals surface area contributed by atoms with Crippen molar-refractivity contribution in [1.29, 1.82) is 0 Å². The predicted molar refractivity (Wildman–Crippen MR) is 225 cm³/mol. The highest BCUT2D eigenvalue weighted by molar-refractivity contribution is 6.39. The van der Waals surface area contributed by atoms with Crippen LogP contribution in [0.2, 0.25) is 0 Å². The molecule has 14 atom stereocenters. The molecule has 4 aliphatic rings. The largest absolute Gasteiger partial charge is 0.456 e. The van der Waals surface area contributed by atoms with E-state index >= 15 is 0 Å². The number of aliphatic hydroxyl groups excluding tert-OH is 3. The van der Waals surface area contributed by atoms with E-state index in [1.165, 1.54) is 19.1 Å². The summed E-state index contributed by atoms with van der Waals surface area (Å²) in [6, 6.07) is -1.14. The second-order valence-corrected chi connectivity index (χ2v) is 17.6. The molecule has 1 aliphatic carbocycles. The van der Waals surface area contributed by atoms with Gasteiger partial charge in [0, 0.05) is 58.7 Å². The molecule has 4 rings (SSSR count). The van der Waals surface area contributed by atoms with Crippen molar-refractivity contribution >= 4 is 23.4 Å². The van der Waals surface area contributed by atoms with E-state index in [4.69, 9.17) is 28.8 Å². The maximum Gasteiger partial charge on any atom is 0.329 e. The number of ether oxygens (including phenoxy) is 5. The van der Waals surface area contributed by atoms with Crippen LogP contribution < -0.4 is 0 Å². The second-order valence-electron chi connectivity index (χ2n) is 17.6. The number of carbonyl (C=O) groups excluding carboxylic acids is 4. The maximum atomic E-state index is 14.3. The van der Waals surface area contributed by atoms with Gasteiger partial charge in [-0.15, -0.1) is 6.58 Å². The summed E-state index contributed by atoms with van der Waals surface area (Å²) in [5, 5.41) is 41.7. The van der Waals surface area contributed by atoms with E-state index in [1.54, 1.807) is 34.0 Å². The lowest BCUT2D eigenvalue weighted by molar-refractivity contribution is -0.302. The Kier molecular flexibility index (Phi) is 20.7. The van der Waals surface area contributed by atoms with E-state index in [-0.39, 0.29) is 56.1 Å². The number of carbonyl (C=O) groups is 4. The van der Waals surface area contributed by atoms with E-state index in [1.807, 2.05) is 32.9 Å². The number of allylic oxidation sites excluding steroid dienone is 4. The SMILES string of the molecule is C=CC[C@@H]1/C=C(\C)C[C@H](C)C[C@H](OC)[C@H]2O[C@@](O)(C(=O)C(=O)N3CCCC[C@H]3C(=O)O[C@H](/C(C)=C/C3CC[C@@H](O)[C@H](OC)C3)[C@H](C)[C@@H](O)CC1=O)[C@H](C)C[C@@H]2OC.CCO. The summed E-state index contributed by atoms with van der Waals surface area (Å²) >= 11 is 0. The van der Waals surface area contributed by atoms with Gasteiger partial charge in [-0.05, 0) is 102 Å². The molecule has 0 aromatic rings. The van der Waals surface area contributed by atoms with E-state index in [0.717, 1.165) is 5.57 Å². The molecule has 1 saturated carbocycles. The second kappa shape index (κ2) is 24.1. The molecule has 1 amide bonds. The summed E-state index contributed by atoms with van der Waals surface area (Å²) in [4.78, 5) is 57.8. The van der Waals surface area contributed by atoms with Gasteiger partial charge in [0.25, 0.3) is 11.7 Å². The molecule has 3 aliphatic heterocycles. The number of methoxy groups -OCH3 is 3. The van der Waals surface area contributed by atoms with Crippen molar-refractivity contribution < 1.29 is 63.3 Å². The zero-order valence-corrected chi connectivity index (χ0v) is 37.5. The standard InChI is InChI=1S/C44H69NO12.C2H6O/c1-10-13-31-19-25(2)18-26(3)20-37(54-8)40-38(55-9)22-28(5)44(52,57-40)41(49)42(50)45-17-12-11-14-32(45)43(51)56-39(29(6)34(47)24-35(31)48)27(4)21-30-15-16-33(46)36(23-30)53-7;1-2-3/h10,19,21,26,28-34,36-40,46-47,52H,1,11-18,20,22-24H2,2-9H3;3H,2H2,1H3/b25-19+,27-21+;/t26-,28+,29+,30?,31+,32-,33+,34-,36+,37-,38-,39+,40+,44+;/m0./s1. The Hall–Kier alpha value is -2.82. The third-order valence-electron chi connectivity index (χ3n) is 12.9. The Morgan fingerprint density at radius 3 is 2.18 bits per heavy atom. The average molecular weight is 850 g/mol. The monoisotopic (exact) mass is 850 g/mol. The molecular weight excluding hydrogens is 774 g/mol. The number of rotatable bonds is 7. The fourth-order valence-corrected chi connectivity index (χ4v) is 9.42. The van der Waals surface area contributed by atoms with Crippen molar-refractivity contribution in [1.82, 2.24) is 4.90 Å². The molecule has 2 saturated heterocycles. The molecule has 14 nitrogen and oxygen atoms in total. The molecule has 0 spiro atoms. The Morgan fingerprint density at radius 2 is 1.57 bits per heavy atom. The molecule has 0 aromatic carbocycles. The van der Waals surface area contributed by atoms with Gasteiger partial charge in [0.05, 0.1) is 30.5 Å². The molecule has 0 aromatic heterocycles. The van der Waals surface area contributed by atoms with Gasteiger partial charge in [0.2, 0.25) is 5.79 Å². The quantitative estimate of drug-likeness (QED) is 0.157. The first-order valence-corrected chi connectivity index (χ1v) is 21.9. The number of Topliss-reactive ketones (excluding diaryl/α,β-unsaturated/α-hetero) is 2. The summed E-state index contributed by atoms with van der Waals surface area (Å²) in [7, 11) is 4.61. The summed E-state index contributed by atoms with van der Waals surface area (Å²) in [6.45, 7) is 15.1. The summed E-state index contributed by atoms with van der Waals surface area (Å²) in [6.07, 6.45) is 4.93. The Bertz CT molecular complexity index is 1500.